The number of benzene rings is 11. The number of nitrogens with one attached hydrogen (secondary N) is 6. The van der Waals surface area contributed by atoms with Gasteiger partial charge in [0.05, 0.1) is 62.4 Å². The molecular weight excluding hydrogens is 1920 g/mol. The van der Waals surface area contributed by atoms with E-state index in [-0.39, 0.29) is 138 Å². The van der Waals surface area contributed by atoms with Crippen LogP contribution < -0.4 is 47.8 Å². The first-order valence-electron chi connectivity index (χ1n) is 42.0. The maximum absolute atomic E-state index is 12.6. The fraction of sp³-hybridized carbons (Fsp3) is 0.236. The van der Waals surface area contributed by atoms with E-state index in [9.17, 15) is 92.1 Å². The Morgan fingerprint density at radius 2 is 1.17 bits per heavy atom. The van der Waals surface area contributed by atoms with Crippen molar-refractivity contribution in [2.75, 3.05) is 97.3 Å². The fourth-order valence-electron chi connectivity index (χ4n) is 15.0. The zero-order chi connectivity index (χ0) is 102. The van der Waals surface area contributed by atoms with Gasteiger partial charge in [0.2, 0.25) is 35.0 Å². The molecule has 3 aromatic heterocycles. The van der Waals surface area contributed by atoms with E-state index in [0.717, 1.165) is 83.0 Å². The number of hydrogen-bond donors (Lipinski definition) is 18. The number of carboxylic acids is 1. The maximum Gasteiger partial charge on any atom is 0.351 e. The predicted molar refractivity (Wildman–Crippen MR) is 524 cm³/mol. The number of aromatic carboxylic acids is 1. The molecule has 0 spiro atoms. The standard InChI is InChI=1S/C29H32N8O9S.C26H30N8O3.C25H19ClN6O10S3.C9H14N2/c1-14-5-18-9-21(47(43,44)45)10-22(30-27-31-28(33-29(41)32-27)37-12-15(2)36(4)11-16(37)3)23(18)25(38)24(14)35-34-20-7-17(13-46-42)6-19(8-20)26(39)40;1-15-12-18-4-6-20(27)24(23(18)22(37)13-15)33-32-21-7-5-19(14-16(21)2)30-25-28-17(3)29-26(31-25)34(8-10-35)9-11-36;1-11-8-13-9-14(43(34,35)36)10-18(29-25-28-12(2)27-24(26)30-25)20(13)22(33)21(11)32-31-17-7-6-15-16(23(17)45(40,41)42)4-3-5-19(15)44(37,38)39;1-10-7-8-4-3-5-9(6-8)11-2/h5-10,15-16,38,42H,11-13H2,1-4H3,(H,39,40)(H,43,44,45)(H2,30,31,32,33,41);4-7,12-14,35-37H,8-11,27H2,1-3H3,(H,28,29,30,31);3-10,33H,1-2H3,(H,34,35,36)(H,37,38,39)(H,40,41,42)(H,27,28,29,30);3-6,10-11H,7H2,1-2H3. The monoisotopic (exact) mass is 2010 g/mol. The van der Waals surface area contributed by atoms with Gasteiger partial charge in [-0.05, 0) is 240 Å². The van der Waals surface area contributed by atoms with Crippen LogP contribution in [0.15, 0.2) is 207 Å². The first-order chi connectivity index (χ1) is 66.1. The second-order valence-corrected chi connectivity index (χ2v) is 37.8. The zero-order valence-corrected chi connectivity index (χ0v) is 80.4. The lowest BCUT2D eigenvalue weighted by Gasteiger charge is -2.42. The normalized spacial score (nSPS) is 13.7. The lowest BCUT2D eigenvalue weighted by Crippen LogP contribution is -2.55. The van der Waals surface area contributed by atoms with Crippen LogP contribution in [-0.4, -0.2) is 216 Å². The number of aromatic amines is 1. The minimum absolute atomic E-state index is 0.0297. The van der Waals surface area contributed by atoms with Gasteiger partial charge in [0, 0.05) is 84.8 Å². The van der Waals surface area contributed by atoms with Gasteiger partial charge in [-0.1, -0.05) is 42.5 Å². The number of azo groups is 3. The number of hydrogen-bond acceptors (Lipinski definition) is 40. The Bertz CT molecular complexity index is 7790. The number of nitrogens with zero attached hydrogens (tertiary/aromatic N) is 17. The number of aryl methyl sites for hydroxylation is 6. The Kier molecular flexibility index (Phi) is 32.7. The van der Waals surface area contributed by atoms with E-state index in [2.05, 4.69) is 136 Å². The van der Waals surface area contributed by atoms with Crippen molar-refractivity contribution in [1.82, 2.24) is 55.1 Å². The second-order valence-electron chi connectivity index (χ2n) is 31.9. The number of carbonyl (C=O) groups is 1. The van der Waals surface area contributed by atoms with Crippen molar-refractivity contribution in [1.29, 1.82) is 0 Å². The number of phenols is 3. The Labute approximate surface area is 804 Å². The molecule has 1 aliphatic rings. The molecule has 0 aliphatic carbocycles. The van der Waals surface area contributed by atoms with Crippen LogP contribution in [0, 0.1) is 41.5 Å². The van der Waals surface area contributed by atoms with Crippen LogP contribution in [0.5, 0.6) is 17.2 Å². The van der Waals surface area contributed by atoms with Crippen molar-refractivity contribution in [3.63, 3.8) is 0 Å². The molecule has 51 heteroatoms. The van der Waals surface area contributed by atoms with E-state index in [4.69, 9.17) is 22.6 Å². The molecular formula is C89H95ClN24O22S4. The Balaban J connectivity index is 0.000000179. The number of nitrogen functional groups attached to an aromatic ring is 1. The van der Waals surface area contributed by atoms with Gasteiger partial charge < -0.3 is 72.8 Å². The summed E-state index contributed by atoms with van der Waals surface area (Å²) in [6, 6.07) is 37.9. The number of aliphatic hydroxyl groups is 2. The number of aromatic nitrogens is 9. The Hall–Kier alpha value is -14.8. The van der Waals surface area contributed by atoms with Gasteiger partial charge in [-0.15, -0.1) is 20.5 Å². The number of likely N-dealkylation sites (N-methyl/N-ethyl adjacent to an activating group) is 1. The molecule has 0 radical (unpaired) electrons. The molecule has 2 atom stereocenters. The van der Waals surface area contributed by atoms with Crippen molar-refractivity contribution in [3.8, 4) is 17.2 Å². The van der Waals surface area contributed by atoms with Gasteiger partial charge in [0.25, 0.3) is 40.5 Å². The number of H-pyrrole nitrogens is 1. The minimum atomic E-state index is -5.06. The molecule has 4 heterocycles. The van der Waals surface area contributed by atoms with Crippen molar-refractivity contribution in [2.24, 2.45) is 30.7 Å². The van der Waals surface area contributed by atoms with Crippen LogP contribution in [0.2, 0.25) is 5.28 Å². The highest BCUT2D eigenvalue weighted by Crippen LogP contribution is 2.48. The molecule has 46 nitrogen and oxygen atoms in total. The third-order valence-electron chi connectivity index (χ3n) is 21.5. The predicted octanol–water partition coefficient (Wildman–Crippen LogP) is 14.6. The average molecular weight is 2020 g/mol. The molecule has 1 fully saturated rings. The maximum atomic E-state index is 12.6. The summed E-state index contributed by atoms with van der Waals surface area (Å²) in [6.45, 7) is 16.4. The number of halogens is 1. The SMILES string of the molecule is CNCc1cccc(NC)c1.Cc1cc(O)c2c(N=Nc3ccc(Nc4nc(C)nc(N(CCO)CCO)n4)cc3C)c(N)ccc2c1.Cc1cc2cc(S(=O)(=O)O)cc(Nc3nc(N4CC(C)N(C)CC4C)nc(=O)[nH]3)c2c(O)c1N=Nc1cc(COO)cc(C(=O)O)c1.Cc1nc(Cl)nc(Nc2cc(S(=O)(=O)O)cc3cc(C)c(N=Nc4ccc5c(S(=O)(=O)O)cccc5c4S(=O)(=O)O)c(O)c23)n1. The average Bonchev–Trinajstić information content (AvgIpc) is 0.754. The molecule has 11 aromatic carbocycles. The van der Waals surface area contributed by atoms with Gasteiger partial charge in [-0.3, -0.25) is 33.4 Å². The lowest BCUT2D eigenvalue weighted by atomic mass is 10.0. The first kappa shape index (κ1) is 104. The van der Waals surface area contributed by atoms with Gasteiger partial charge in [-0.2, -0.15) is 78.8 Å². The second kappa shape index (κ2) is 43.9. The summed E-state index contributed by atoms with van der Waals surface area (Å²) in [6.07, 6.45) is 0. The molecule has 1 aliphatic heterocycles. The topological polar surface area (TPSA) is 691 Å². The number of carboxylic acid groups (broad SMARTS) is 1. The summed E-state index contributed by atoms with van der Waals surface area (Å²) < 4.78 is 136. The van der Waals surface area contributed by atoms with Gasteiger partial charge >= 0.3 is 11.7 Å². The number of piperazine rings is 1. The Morgan fingerprint density at radius 1 is 0.564 bits per heavy atom. The van der Waals surface area contributed by atoms with Crippen LogP contribution >= 0.6 is 11.6 Å². The van der Waals surface area contributed by atoms with Crippen molar-refractivity contribution in [2.45, 2.75) is 100 Å². The number of aliphatic hydroxyl groups excluding tert-OH is 2. The molecule has 14 aromatic rings. The zero-order valence-electron chi connectivity index (χ0n) is 76.3. The van der Waals surface area contributed by atoms with Crippen LogP contribution in [0.25, 0.3) is 43.1 Å². The van der Waals surface area contributed by atoms with Gasteiger partial charge in [0.15, 0.2) is 11.5 Å². The van der Waals surface area contributed by atoms with E-state index in [1.54, 1.807) is 30.9 Å². The molecule has 0 saturated carbocycles. The number of aromatic hydroxyl groups is 3. The molecule has 1 saturated heterocycles. The highest BCUT2D eigenvalue weighted by Gasteiger charge is 2.32. The number of nitrogens with two attached hydrogens (primary N) is 1. The van der Waals surface area contributed by atoms with E-state index in [1.807, 2.05) is 84.1 Å². The molecule has 0 amide bonds. The third kappa shape index (κ3) is 25.4. The summed E-state index contributed by atoms with van der Waals surface area (Å²) in [5, 5.41) is 111. The number of phenolic OH excluding ortho intramolecular Hbond substituents is 3. The summed E-state index contributed by atoms with van der Waals surface area (Å²) in [5.74, 6) is -0.853. The van der Waals surface area contributed by atoms with Gasteiger partial charge in [-0.25, -0.2) is 19.5 Å². The van der Waals surface area contributed by atoms with Crippen LogP contribution in [-0.2, 0) is 58.5 Å². The van der Waals surface area contributed by atoms with Gasteiger partial charge in [0.1, 0.15) is 56.5 Å². The highest BCUT2D eigenvalue weighted by atomic mass is 35.5. The minimum Gasteiger partial charge on any atom is -0.507 e. The highest BCUT2D eigenvalue weighted by molar-refractivity contribution is 7.87. The van der Waals surface area contributed by atoms with E-state index < -0.39 is 88.9 Å². The van der Waals surface area contributed by atoms with E-state index in [0.29, 0.717) is 77.5 Å². The molecule has 0 bridgehead atoms. The lowest BCUT2D eigenvalue weighted by molar-refractivity contribution is -0.253. The fourth-order valence-corrected chi connectivity index (χ4v) is 17.8. The number of anilines is 10. The molecule has 15 rings (SSSR count). The van der Waals surface area contributed by atoms with E-state index in [1.165, 1.54) is 55.8 Å². The molecule has 2 unspecified atom stereocenters. The number of fused-ring (bicyclic) bond motifs is 4. The van der Waals surface area contributed by atoms with Crippen molar-refractivity contribution < 1.29 is 97.5 Å². The summed E-state index contributed by atoms with van der Waals surface area (Å²) in [4.78, 5) is 67.5. The van der Waals surface area contributed by atoms with Crippen molar-refractivity contribution in [3.05, 3.63) is 218 Å². The number of rotatable bonds is 28. The smallest absolute Gasteiger partial charge is 0.351 e. The quantitative estimate of drug-likeness (QED) is 0.00712. The molecule has 734 valence electrons. The third-order valence-corrected chi connectivity index (χ3v) is 25.2. The molecule has 140 heavy (non-hydrogen) atoms. The summed E-state index contributed by atoms with van der Waals surface area (Å²) >= 11 is 5.91. The van der Waals surface area contributed by atoms with Crippen LogP contribution in [0.4, 0.5) is 92.3 Å². The largest absolute Gasteiger partial charge is 0.507 e. The summed E-state index contributed by atoms with van der Waals surface area (Å²) in [5.41, 5.74) is 11.8. The Morgan fingerprint density at radius 3 is 1.76 bits per heavy atom. The van der Waals surface area contributed by atoms with Crippen molar-refractivity contribution >= 4 is 193 Å². The van der Waals surface area contributed by atoms with E-state index >= 15 is 0 Å². The van der Waals surface area contributed by atoms with Crippen LogP contribution in [0.1, 0.15) is 69.2 Å². The van der Waals surface area contributed by atoms with Crippen LogP contribution in [0.3, 0.4) is 0 Å². The first-order valence-corrected chi connectivity index (χ1v) is 48.1. The molecule has 19 N–H and O–H groups in total. The summed E-state index contributed by atoms with van der Waals surface area (Å²) in [7, 11) is -13.4.